The van der Waals surface area contributed by atoms with E-state index in [9.17, 15) is 0 Å². The van der Waals surface area contributed by atoms with Crippen LogP contribution in [0.25, 0.3) is 0 Å². The Bertz CT molecular complexity index is 559. The molecule has 0 saturated carbocycles. The lowest BCUT2D eigenvalue weighted by Gasteiger charge is -2.24. The van der Waals surface area contributed by atoms with Gasteiger partial charge in [0, 0.05) is 39.3 Å². The maximum atomic E-state index is 5.66. The van der Waals surface area contributed by atoms with Crippen molar-refractivity contribution in [2.75, 3.05) is 53.2 Å². The zero-order chi connectivity index (χ0) is 19.3. The molecule has 1 aromatic carbocycles. The van der Waals surface area contributed by atoms with Crippen molar-refractivity contribution in [2.45, 2.75) is 33.4 Å². The molecule has 1 heterocycles. The molecule has 0 aromatic heterocycles. The van der Waals surface area contributed by atoms with E-state index in [4.69, 9.17) is 19.2 Å². The van der Waals surface area contributed by atoms with E-state index >= 15 is 0 Å². The molecule has 1 fully saturated rings. The van der Waals surface area contributed by atoms with Gasteiger partial charge >= 0.3 is 0 Å². The van der Waals surface area contributed by atoms with Gasteiger partial charge in [0.2, 0.25) is 0 Å². The van der Waals surface area contributed by atoms with Crippen LogP contribution in [0, 0.1) is 5.92 Å². The van der Waals surface area contributed by atoms with Gasteiger partial charge in [-0.05, 0) is 31.4 Å². The summed E-state index contributed by atoms with van der Waals surface area (Å²) in [5.74, 6) is 1.54. The van der Waals surface area contributed by atoms with Crippen molar-refractivity contribution in [3.8, 4) is 0 Å². The highest BCUT2D eigenvalue weighted by molar-refractivity contribution is 5.79. The molecule has 1 saturated heterocycles. The van der Waals surface area contributed by atoms with Crippen molar-refractivity contribution in [3.05, 3.63) is 35.4 Å². The molecule has 0 bridgehead atoms. The van der Waals surface area contributed by atoms with Crippen molar-refractivity contribution in [3.63, 3.8) is 0 Å². The van der Waals surface area contributed by atoms with Crippen molar-refractivity contribution < 1.29 is 14.2 Å². The number of hydrogen-bond donors (Lipinski definition) is 1. The van der Waals surface area contributed by atoms with E-state index in [0.29, 0.717) is 32.3 Å². The van der Waals surface area contributed by atoms with Crippen molar-refractivity contribution in [1.29, 1.82) is 0 Å². The zero-order valence-electron chi connectivity index (χ0n) is 17.1. The first kappa shape index (κ1) is 21.7. The van der Waals surface area contributed by atoms with Gasteiger partial charge in [-0.1, -0.05) is 24.3 Å². The molecule has 1 N–H and O–H groups in total. The van der Waals surface area contributed by atoms with Crippen LogP contribution >= 0.6 is 0 Å². The minimum Gasteiger partial charge on any atom is -0.381 e. The van der Waals surface area contributed by atoms with Crippen LogP contribution in [0.5, 0.6) is 0 Å². The largest absolute Gasteiger partial charge is 0.381 e. The topological polar surface area (TPSA) is 55.3 Å². The normalized spacial score (nSPS) is 17.3. The highest BCUT2D eigenvalue weighted by atomic mass is 16.5. The first-order valence-electron chi connectivity index (χ1n) is 10.0. The Morgan fingerprint density at radius 1 is 1.26 bits per heavy atom. The van der Waals surface area contributed by atoms with Gasteiger partial charge in [0.05, 0.1) is 33.0 Å². The van der Waals surface area contributed by atoms with E-state index < -0.39 is 0 Å². The summed E-state index contributed by atoms with van der Waals surface area (Å²) in [4.78, 5) is 7.03. The molecule has 2 rings (SSSR count). The van der Waals surface area contributed by atoms with Gasteiger partial charge in [-0.15, -0.1) is 0 Å². The lowest BCUT2D eigenvalue weighted by Crippen LogP contribution is -2.41. The highest BCUT2D eigenvalue weighted by Gasteiger charge is 2.19. The van der Waals surface area contributed by atoms with Crippen LogP contribution in [-0.2, 0) is 27.4 Å². The first-order valence-corrected chi connectivity index (χ1v) is 10.0. The van der Waals surface area contributed by atoms with E-state index in [2.05, 4.69) is 48.5 Å². The van der Waals surface area contributed by atoms with Crippen LogP contribution in [0.3, 0.4) is 0 Å². The molecule has 6 nitrogen and oxygen atoms in total. The fraction of sp³-hybridized carbons (Fsp3) is 0.667. The molecule has 27 heavy (non-hydrogen) atoms. The molecule has 1 unspecified atom stereocenters. The number of hydrogen-bond acceptors (Lipinski definition) is 4. The summed E-state index contributed by atoms with van der Waals surface area (Å²) in [6.07, 6.45) is 1.13. The molecule has 1 aliphatic heterocycles. The lowest BCUT2D eigenvalue weighted by molar-refractivity contribution is 0.0453. The summed E-state index contributed by atoms with van der Waals surface area (Å²) in [5.41, 5.74) is 2.36. The standard InChI is InChI=1S/C21H35N3O3/c1-4-22-21(24(3)15-20-9-10-26-17-20)23-14-18-7-6-8-19(13-18)16-27-12-11-25-5-2/h6-8,13,20H,4-5,9-12,14-17H2,1-3H3,(H,22,23). The summed E-state index contributed by atoms with van der Waals surface area (Å²) in [7, 11) is 2.10. The van der Waals surface area contributed by atoms with Gasteiger partial charge in [-0.3, -0.25) is 0 Å². The van der Waals surface area contributed by atoms with Crippen LogP contribution < -0.4 is 5.32 Å². The molecule has 1 atom stereocenters. The van der Waals surface area contributed by atoms with E-state index in [0.717, 1.165) is 45.3 Å². The fourth-order valence-corrected chi connectivity index (χ4v) is 3.11. The Morgan fingerprint density at radius 3 is 2.81 bits per heavy atom. The number of nitrogens with one attached hydrogen (secondary N) is 1. The third-order valence-electron chi connectivity index (χ3n) is 4.50. The van der Waals surface area contributed by atoms with E-state index in [1.54, 1.807) is 0 Å². The lowest BCUT2D eigenvalue weighted by atomic mass is 10.1. The number of benzene rings is 1. The molecular formula is C21H35N3O3. The number of guanidine groups is 1. The fourth-order valence-electron chi connectivity index (χ4n) is 3.11. The molecule has 1 aliphatic rings. The van der Waals surface area contributed by atoms with Crippen LogP contribution in [0.4, 0.5) is 0 Å². The predicted octanol–water partition coefficient (Wildman–Crippen LogP) is 2.67. The maximum Gasteiger partial charge on any atom is 0.193 e. The summed E-state index contributed by atoms with van der Waals surface area (Å²) < 4.78 is 16.4. The van der Waals surface area contributed by atoms with Crippen LogP contribution in [0.15, 0.2) is 29.3 Å². The number of nitrogens with zero attached hydrogens (tertiary/aromatic N) is 2. The number of rotatable bonds is 11. The number of aliphatic imine (C=N–C) groups is 1. The SMILES string of the molecule is CCNC(=NCc1cccc(COCCOCC)c1)N(C)CC1CCOC1. The molecule has 1 aromatic rings. The Hall–Kier alpha value is -1.63. The smallest absolute Gasteiger partial charge is 0.193 e. The van der Waals surface area contributed by atoms with Gasteiger partial charge in [0.25, 0.3) is 0 Å². The zero-order valence-corrected chi connectivity index (χ0v) is 17.1. The second-order valence-electron chi connectivity index (χ2n) is 6.85. The monoisotopic (exact) mass is 377 g/mol. The molecule has 152 valence electrons. The van der Waals surface area contributed by atoms with E-state index in [-0.39, 0.29) is 0 Å². The van der Waals surface area contributed by atoms with Crippen molar-refractivity contribution >= 4 is 5.96 Å². The second kappa shape index (κ2) is 12.7. The summed E-state index contributed by atoms with van der Waals surface area (Å²) in [6.45, 7) is 10.9. The van der Waals surface area contributed by atoms with Crippen LogP contribution in [-0.4, -0.2) is 64.0 Å². The maximum absolute atomic E-state index is 5.66. The van der Waals surface area contributed by atoms with Crippen LogP contribution in [0.2, 0.25) is 0 Å². The number of ether oxygens (including phenoxy) is 3. The van der Waals surface area contributed by atoms with Gasteiger partial charge in [-0.2, -0.15) is 0 Å². The Kier molecular flexibility index (Phi) is 10.2. The molecule has 0 spiro atoms. The Balaban J connectivity index is 1.87. The second-order valence-corrected chi connectivity index (χ2v) is 6.85. The third kappa shape index (κ3) is 8.28. The van der Waals surface area contributed by atoms with Gasteiger partial charge < -0.3 is 24.4 Å². The minimum atomic E-state index is 0.594. The molecule has 6 heteroatoms. The first-order chi connectivity index (χ1) is 13.2. The van der Waals surface area contributed by atoms with Gasteiger partial charge in [-0.25, -0.2) is 4.99 Å². The quantitative estimate of drug-likeness (QED) is 0.365. The minimum absolute atomic E-state index is 0.594. The predicted molar refractivity (Wildman–Crippen MR) is 109 cm³/mol. The van der Waals surface area contributed by atoms with Gasteiger partial charge in [0.1, 0.15) is 0 Å². The molecule has 0 amide bonds. The molecule has 0 radical (unpaired) electrons. The van der Waals surface area contributed by atoms with Crippen molar-refractivity contribution in [2.24, 2.45) is 10.9 Å². The van der Waals surface area contributed by atoms with Crippen molar-refractivity contribution in [1.82, 2.24) is 10.2 Å². The van der Waals surface area contributed by atoms with Gasteiger partial charge in [0.15, 0.2) is 5.96 Å². The molecular weight excluding hydrogens is 342 g/mol. The Morgan fingerprint density at radius 2 is 2.07 bits per heavy atom. The summed E-state index contributed by atoms with van der Waals surface area (Å²) >= 11 is 0. The van der Waals surface area contributed by atoms with E-state index in [1.165, 1.54) is 11.1 Å². The molecule has 0 aliphatic carbocycles. The highest BCUT2D eigenvalue weighted by Crippen LogP contribution is 2.13. The summed E-state index contributed by atoms with van der Waals surface area (Å²) in [6, 6.07) is 8.43. The van der Waals surface area contributed by atoms with E-state index in [1.807, 2.05) is 6.92 Å². The average Bonchev–Trinajstić information content (AvgIpc) is 3.18. The average molecular weight is 378 g/mol. The Labute approximate surface area is 163 Å². The third-order valence-corrected chi connectivity index (χ3v) is 4.50. The van der Waals surface area contributed by atoms with Crippen LogP contribution in [0.1, 0.15) is 31.4 Å². The summed E-state index contributed by atoms with van der Waals surface area (Å²) in [5, 5.41) is 3.39.